The van der Waals surface area contributed by atoms with E-state index in [2.05, 4.69) is 13.8 Å². The maximum atomic E-state index is 13.0. The van der Waals surface area contributed by atoms with Gasteiger partial charge in [0.2, 0.25) is 5.91 Å². The number of piperidine rings is 1. The number of likely N-dealkylation sites (tertiary alicyclic amines) is 1. The van der Waals surface area contributed by atoms with Gasteiger partial charge < -0.3 is 15.5 Å². The van der Waals surface area contributed by atoms with Crippen molar-refractivity contribution in [2.75, 3.05) is 24.7 Å². The van der Waals surface area contributed by atoms with Crippen LogP contribution in [0.3, 0.4) is 0 Å². The van der Waals surface area contributed by atoms with Gasteiger partial charge in [0.05, 0.1) is 5.88 Å². The minimum absolute atomic E-state index is 0. The fraction of sp³-hybridized carbons (Fsp3) is 0.556. The van der Waals surface area contributed by atoms with Crippen molar-refractivity contribution in [3.05, 3.63) is 35.9 Å². The zero-order chi connectivity index (χ0) is 17.3. The van der Waals surface area contributed by atoms with Crippen LogP contribution in [0.25, 0.3) is 0 Å². The van der Waals surface area contributed by atoms with Crippen molar-refractivity contribution in [3.63, 3.8) is 0 Å². The summed E-state index contributed by atoms with van der Waals surface area (Å²) in [4.78, 5) is 29.4. The smallest absolute Gasteiger partial charge is 0.255 e. The van der Waals surface area contributed by atoms with E-state index in [0.717, 1.165) is 6.42 Å². The fourth-order valence-electron chi connectivity index (χ4n) is 3.37. The first-order valence-electron chi connectivity index (χ1n) is 8.38. The Kier molecular flexibility index (Phi) is 6.40. The summed E-state index contributed by atoms with van der Waals surface area (Å²) >= 11 is 1.64. The molecule has 1 aromatic rings. The monoisotopic (exact) mass is 383 g/mol. The molecule has 0 spiro atoms. The number of nitrogens with zero attached hydrogens (tertiary/aromatic N) is 2. The minimum atomic E-state index is -0.368. The minimum Gasteiger partial charge on any atom is -0.340 e. The fourth-order valence-corrected chi connectivity index (χ4v) is 4.51. The summed E-state index contributed by atoms with van der Waals surface area (Å²) in [6.07, 6.45) is 0.811. The first kappa shape index (κ1) is 20.1. The Bertz CT molecular complexity index is 626. The Morgan fingerprint density at radius 2 is 1.92 bits per heavy atom. The van der Waals surface area contributed by atoms with E-state index in [4.69, 9.17) is 5.73 Å². The molecule has 5 nitrogen and oxygen atoms in total. The van der Waals surface area contributed by atoms with Crippen molar-refractivity contribution < 1.29 is 9.59 Å². The highest BCUT2D eigenvalue weighted by molar-refractivity contribution is 7.99. The molecule has 0 radical (unpaired) electrons. The number of hydrogen-bond donors (Lipinski definition) is 1. The van der Waals surface area contributed by atoms with Gasteiger partial charge in [-0.2, -0.15) is 0 Å². The number of carbonyl (C=O) groups is 2. The first-order valence-corrected chi connectivity index (χ1v) is 9.54. The molecule has 0 aromatic heterocycles. The van der Waals surface area contributed by atoms with E-state index in [9.17, 15) is 9.59 Å². The third kappa shape index (κ3) is 4.13. The van der Waals surface area contributed by atoms with Crippen LogP contribution in [0.2, 0.25) is 0 Å². The summed E-state index contributed by atoms with van der Waals surface area (Å²) in [7, 11) is 0. The largest absolute Gasteiger partial charge is 0.340 e. The summed E-state index contributed by atoms with van der Waals surface area (Å²) in [5, 5.41) is 0. The number of rotatable bonds is 2. The normalized spacial score (nSPS) is 25.4. The molecule has 2 amide bonds. The zero-order valence-electron chi connectivity index (χ0n) is 14.7. The molecule has 138 valence electrons. The van der Waals surface area contributed by atoms with Gasteiger partial charge in [-0.05, 0) is 24.0 Å². The lowest BCUT2D eigenvalue weighted by molar-refractivity contribution is -0.138. The van der Waals surface area contributed by atoms with E-state index in [-0.39, 0.29) is 41.7 Å². The van der Waals surface area contributed by atoms with Crippen molar-refractivity contribution in [3.8, 4) is 0 Å². The van der Waals surface area contributed by atoms with Gasteiger partial charge in [0.1, 0.15) is 6.04 Å². The Morgan fingerprint density at radius 1 is 1.24 bits per heavy atom. The molecular formula is C18H26ClN3O2S. The van der Waals surface area contributed by atoms with Crippen LogP contribution in [0.4, 0.5) is 0 Å². The number of nitrogens with two attached hydrogens (primary N) is 1. The number of amides is 2. The molecule has 2 aliphatic rings. The van der Waals surface area contributed by atoms with Crippen LogP contribution in [0.1, 0.15) is 30.6 Å². The molecule has 7 heteroatoms. The van der Waals surface area contributed by atoms with E-state index in [0.29, 0.717) is 30.3 Å². The molecule has 2 aliphatic heterocycles. The first-order chi connectivity index (χ1) is 11.4. The van der Waals surface area contributed by atoms with Gasteiger partial charge >= 0.3 is 0 Å². The lowest BCUT2D eigenvalue weighted by atomic mass is 9.79. The van der Waals surface area contributed by atoms with Gasteiger partial charge in [0.25, 0.3) is 5.91 Å². The number of carbonyl (C=O) groups excluding carboxylic acids is 2. The van der Waals surface area contributed by atoms with Gasteiger partial charge in [-0.25, -0.2) is 0 Å². The predicted octanol–water partition coefficient (Wildman–Crippen LogP) is 2.21. The zero-order valence-corrected chi connectivity index (χ0v) is 16.3. The van der Waals surface area contributed by atoms with Crippen LogP contribution in [0, 0.1) is 5.41 Å². The quantitative estimate of drug-likeness (QED) is 0.850. The summed E-state index contributed by atoms with van der Waals surface area (Å²) in [5.74, 6) is 1.23. The van der Waals surface area contributed by atoms with Crippen molar-refractivity contribution in [2.45, 2.75) is 32.4 Å². The summed E-state index contributed by atoms with van der Waals surface area (Å²) in [6, 6.07) is 8.93. The van der Waals surface area contributed by atoms with E-state index in [1.807, 2.05) is 23.1 Å². The van der Waals surface area contributed by atoms with E-state index in [1.54, 1.807) is 28.8 Å². The second kappa shape index (κ2) is 7.98. The van der Waals surface area contributed by atoms with Crippen LogP contribution in [0.5, 0.6) is 0 Å². The van der Waals surface area contributed by atoms with Crippen LogP contribution < -0.4 is 5.73 Å². The van der Waals surface area contributed by atoms with Crippen LogP contribution in [-0.2, 0) is 4.79 Å². The van der Waals surface area contributed by atoms with Crippen molar-refractivity contribution >= 4 is 36.0 Å². The Labute approximate surface area is 159 Å². The Hall–Kier alpha value is -1.24. The number of hydrogen-bond acceptors (Lipinski definition) is 4. The van der Waals surface area contributed by atoms with Crippen LogP contribution in [0.15, 0.2) is 30.3 Å². The van der Waals surface area contributed by atoms with Gasteiger partial charge in [0, 0.05) is 30.4 Å². The second-order valence-electron chi connectivity index (χ2n) is 7.30. The molecule has 0 aliphatic carbocycles. The third-order valence-electron chi connectivity index (χ3n) is 5.07. The summed E-state index contributed by atoms with van der Waals surface area (Å²) < 4.78 is 0. The summed E-state index contributed by atoms with van der Waals surface area (Å²) in [6.45, 7) is 5.54. The van der Waals surface area contributed by atoms with Gasteiger partial charge in [-0.3, -0.25) is 9.59 Å². The average molecular weight is 384 g/mol. The molecular weight excluding hydrogens is 358 g/mol. The number of thioether (sulfide) groups is 1. The molecule has 2 atom stereocenters. The lowest BCUT2D eigenvalue weighted by Crippen LogP contribution is -2.58. The molecule has 2 N–H and O–H groups in total. The average Bonchev–Trinajstić information content (AvgIpc) is 3.06. The molecule has 2 unspecified atom stereocenters. The van der Waals surface area contributed by atoms with Crippen LogP contribution in [-0.4, -0.2) is 58.4 Å². The maximum Gasteiger partial charge on any atom is 0.255 e. The van der Waals surface area contributed by atoms with E-state index >= 15 is 0 Å². The molecule has 0 bridgehead atoms. The van der Waals surface area contributed by atoms with Gasteiger partial charge in [0.15, 0.2) is 0 Å². The van der Waals surface area contributed by atoms with Crippen molar-refractivity contribution in [1.82, 2.24) is 9.80 Å². The van der Waals surface area contributed by atoms with Gasteiger partial charge in [-0.15, -0.1) is 24.2 Å². The maximum absolute atomic E-state index is 13.0. The highest BCUT2D eigenvalue weighted by Gasteiger charge is 2.41. The second-order valence-corrected chi connectivity index (χ2v) is 8.30. The lowest BCUT2D eigenvalue weighted by Gasteiger charge is -2.43. The molecule has 2 saturated heterocycles. The Morgan fingerprint density at radius 3 is 2.56 bits per heavy atom. The predicted molar refractivity (Wildman–Crippen MR) is 104 cm³/mol. The Balaban J connectivity index is 0.00000225. The number of halogens is 1. The highest BCUT2D eigenvalue weighted by atomic mass is 35.5. The molecule has 3 rings (SSSR count). The van der Waals surface area contributed by atoms with Crippen LogP contribution >= 0.6 is 24.2 Å². The highest BCUT2D eigenvalue weighted by Crippen LogP contribution is 2.30. The molecule has 25 heavy (non-hydrogen) atoms. The topological polar surface area (TPSA) is 66.6 Å². The van der Waals surface area contributed by atoms with Gasteiger partial charge in [-0.1, -0.05) is 32.0 Å². The third-order valence-corrected chi connectivity index (χ3v) is 6.09. The van der Waals surface area contributed by atoms with E-state index < -0.39 is 0 Å². The number of benzene rings is 1. The molecule has 1 aromatic carbocycles. The summed E-state index contributed by atoms with van der Waals surface area (Å²) in [5.41, 5.74) is 6.72. The standard InChI is InChI=1S/C18H25N3O2S.ClH/c1-18(2)11-20(9-8-15(18)19)17(23)14-10-24-12-21(14)16(22)13-6-4-3-5-7-13;/h3-7,14-15H,8-12,19H2,1-2H3;1H. The van der Waals surface area contributed by atoms with Crippen molar-refractivity contribution in [2.24, 2.45) is 11.1 Å². The molecule has 2 heterocycles. The SMILES string of the molecule is CC1(C)CN(C(=O)C2CSCN2C(=O)c2ccccc2)CCC1N.Cl. The molecule has 0 saturated carbocycles. The van der Waals surface area contributed by atoms with E-state index in [1.165, 1.54) is 0 Å². The van der Waals surface area contributed by atoms with Crippen molar-refractivity contribution in [1.29, 1.82) is 0 Å². The molecule has 2 fully saturated rings.